The van der Waals surface area contributed by atoms with Gasteiger partial charge in [0.15, 0.2) is 0 Å². The van der Waals surface area contributed by atoms with Crippen LogP contribution < -0.4 is 5.63 Å². The molecule has 0 unspecified atom stereocenters. The monoisotopic (exact) mass is 340 g/mol. The van der Waals surface area contributed by atoms with Gasteiger partial charge in [-0.25, -0.2) is 4.79 Å². The first-order valence-corrected chi connectivity index (χ1v) is 8.15. The minimum atomic E-state index is -0.504. The molecule has 0 aliphatic rings. The Hall–Kier alpha value is -3.73. The Morgan fingerprint density at radius 2 is 1.62 bits per heavy atom. The molecule has 0 fully saturated rings. The maximum Gasteiger partial charge on any atom is 0.349 e. The summed E-state index contributed by atoms with van der Waals surface area (Å²) in [7, 11) is 0. The summed E-state index contributed by atoms with van der Waals surface area (Å²) in [6.45, 7) is 0. The van der Waals surface area contributed by atoms with Gasteiger partial charge in [0.2, 0.25) is 5.82 Å². The SMILES string of the molecule is O=c1oc2ccc3ccccc3c2cc1-c1nc(-c2ccccc2)no1. The van der Waals surface area contributed by atoms with Gasteiger partial charge in [-0.15, -0.1) is 0 Å². The minimum Gasteiger partial charge on any atom is -0.422 e. The molecule has 26 heavy (non-hydrogen) atoms. The highest BCUT2D eigenvalue weighted by Crippen LogP contribution is 2.28. The third-order valence-corrected chi connectivity index (χ3v) is 4.33. The molecule has 0 saturated carbocycles. The van der Waals surface area contributed by atoms with Crippen molar-refractivity contribution in [2.45, 2.75) is 0 Å². The molecular formula is C21H12N2O3. The van der Waals surface area contributed by atoms with E-state index in [1.54, 1.807) is 12.1 Å². The fourth-order valence-electron chi connectivity index (χ4n) is 3.06. The molecular weight excluding hydrogens is 328 g/mol. The van der Waals surface area contributed by atoms with E-state index in [-0.39, 0.29) is 11.5 Å². The predicted octanol–water partition coefficient (Wildman–Crippen LogP) is 4.66. The first-order valence-electron chi connectivity index (χ1n) is 8.15. The van der Waals surface area contributed by atoms with Crippen molar-refractivity contribution in [1.29, 1.82) is 0 Å². The Labute approximate surface area is 147 Å². The summed E-state index contributed by atoms with van der Waals surface area (Å²) in [4.78, 5) is 16.8. The molecule has 5 rings (SSSR count). The Balaban J connectivity index is 1.72. The van der Waals surface area contributed by atoms with E-state index in [4.69, 9.17) is 8.94 Å². The number of hydrogen-bond acceptors (Lipinski definition) is 5. The predicted molar refractivity (Wildman–Crippen MR) is 98.7 cm³/mol. The van der Waals surface area contributed by atoms with Crippen molar-refractivity contribution in [3.05, 3.63) is 83.2 Å². The van der Waals surface area contributed by atoms with Gasteiger partial charge in [0, 0.05) is 10.9 Å². The summed E-state index contributed by atoms with van der Waals surface area (Å²) in [5.74, 6) is 0.574. The molecule has 0 aliphatic carbocycles. The lowest BCUT2D eigenvalue weighted by atomic mass is 10.0. The number of hydrogen-bond donors (Lipinski definition) is 0. The van der Waals surface area contributed by atoms with Gasteiger partial charge in [-0.05, 0) is 22.9 Å². The van der Waals surface area contributed by atoms with Crippen molar-refractivity contribution < 1.29 is 8.94 Å². The van der Waals surface area contributed by atoms with E-state index in [1.807, 2.05) is 60.7 Å². The van der Waals surface area contributed by atoms with Crippen molar-refractivity contribution in [2.75, 3.05) is 0 Å². The second-order valence-electron chi connectivity index (χ2n) is 5.94. The molecule has 2 aromatic heterocycles. The topological polar surface area (TPSA) is 69.1 Å². The minimum absolute atomic E-state index is 0.146. The number of rotatable bonds is 2. The van der Waals surface area contributed by atoms with E-state index >= 15 is 0 Å². The molecule has 0 saturated heterocycles. The van der Waals surface area contributed by atoms with Crippen LogP contribution in [0.5, 0.6) is 0 Å². The van der Waals surface area contributed by atoms with E-state index < -0.39 is 5.63 Å². The van der Waals surface area contributed by atoms with Crippen LogP contribution in [-0.4, -0.2) is 10.1 Å². The molecule has 0 amide bonds. The third-order valence-electron chi connectivity index (χ3n) is 4.33. The van der Waals surface area contributed by atoms with E-state index in [0.717, 1.165) is 21.7 Å². The number of fused-ring (bicyclic) bond motifs is 3. The van der Waals surface area contributed by atoms with E-state index in [9.17, 15) is 4.79 Å². The zero-order chi connectivity index (χ0) is 17.5. The Kier molecular flexibility index (Phi) is 3.18. The first-order chi connectivity index (χ1) is 12.8. The van der Waals surface area contributed by atoms with Crippen LogP contribution in [0, 0.1) is 0 Å². The normalized spacial score (nSPS) is 11.2. The lowest BCUT2D eigenvalue weighted by Crippen LogP contribution is -2.03. The quantitative estimate of drug-likeness (QED) is 0.345. The van der Waals surface area contributed by atoms with Gasteiger partial charge in [0.05, 0.1) is 0 Å². The molecule has 0 radical (unpaired) electrons. The second-order valence-corrected chi connectivity index (χ2v) is 5.94. The largest absolute Gasteiger partial charge is 0.422 e. The molecule has 5 nitrogen and oxygen atoms in total. The molecule has 5 heteroatoms. The molecule has 124 valence electrons. The standard InChI is InChI=1S/C21H12N2O3/c24-21-17(20-22-19(23-26-20)14-7-2-1-3-8-14)12-16-15-9-5-4-6-13(15)10-11-18(16)25-21/h1-12H. The molecule has 2 heterocycles. The van der Waals surface area contributed by atoms with Crippen LogP contribution in [-0.2, 0) is 0 Å². The lowest BCUT2D eigenvalue weighted by molar-refractivity contribution is 0.429. The van der Waals surface area contributed by atoms with Crippen molar-refractivity contribution in [2.24, 2.45) is 0 Å². The number of benzene rings is 3. The molecule has 0 N–H and O–H groups in total. The summed E-state index contributed by atoms with van der Waals surface area (Å²) in [6, 6.07) is 22.9. The van der Waals surface area contributed by atoms with Gasteiger partial charge in [-0.1, -0.05) is 65.8 Å². The van der Waals surface area contributed by atoms with Crippen LogP contribution in [0.1, 0.15) is 0 Å². The fraction of sp³-hybridized carbons (Fsp3) is 0. The Morgan fingerprint density at radius 3 is 2.50 bits per heavy atom. The zero-order valence-electron chi connectivity index (χ0n) is 13.5. The van der Waals surface area contributed by atoms with Gasteiger partial charge in [0.1, 0.15) is 11.1 Å². The highest BCUT2D eigenvalue weighted by Gasteiger charge is 2.16. The molecule has 0 spiro atoms. The maximum atomic E-state index is 12.4. The Bertz CT molecular complexity index is 1300. The smallest absolute Gasteiger partial charge is 0.349 e. The summed E-state index contributed by atoms with van der Waals surface area (Å²) in [5.41, 5.74) is 1.10. The summed E-state index contributed by atoms with van der Waals surface area (Å²) >= 11 is 0. The molecule has 0 atom stereocenters. The van der Waals surface area contributed by atoms with Gasteiger partial charge >= 0.3 is 5.63 Å². The van der Waals surface area contributed by atoms with Crippen molar-refractivity contribution in [3.63, 3.8) is 0 Å². The number of aromatic nitrogens is 2. The van der Waals surface area contributed by atoms with Gasteiger partial charge in [-0.3, -0.25) is 0 Å². The summed E-state index contributed by atoms with van der Waals surface area (Å²) in [6.07, 6.45) is 0. The number of nitrogens with zero attached hydrogens (tertiary/aromatic N) is 2. The van der Waals surface area contributed by atoms with E-state index in [0.29, 0.717) is 11.4 Å². The molecule has 0 aliphatic heterocycles. The van der Waals surface area contributed by atoms with Gasteiger partial charge in [0.25, 0.3) is 5.89 Å². The van der Waals surface area contributed by atoms with Gasteiger partial charge in [-0.2, -0.15) is 4.98 Å². The molecule has 0 bridgehead atoms. The highest BCUT2D eigenvalue weighted by atomic mass is 16.5. The van der Waals surface area contributed by atoms with Crippen LogP contribution in [0.4, 0.5) is 0 Å². The van der Waals surface area contributed by atoms with Crippen LogP contribution in [0.2, 0.25) is 0 Å². The van der Waals surface area contributed by atoms with Crippen molar-refractivity contribution in [3.8, 4) is 22.8 Å². The maximum absolute atomic E-state index is 12.4. The average Bonchev–Trinajstić information content (AvgIpc) is 3.18. The zero-order valence-corrected chi connectivity index (χ0v) is 13.5. The van der Waals surface area contributed by atoms with Crippen LogP contribution in [0.3, 0.4) is 0 Å². The van der Waals surface area contributed by atoms with Gasteiger partial charge < -0.3 is 8.94 Å². The molecule has 5 aromatic rings. The van der Waals surface area contributed by atoms with Crippen molar-refractivity contribution >= 4 is 21.7 Å². The fourth-order valence-corrected chi connectivity index (χ4v) is 3.06. The van der Waals surface area contributed by atoms with Crippen LogP contribution in [0.15, 0.2) is 86.5 Å². The highest BCUT2D eigenvalue weighted by molar-refractivity contribution is 6.06. The summed E-state index contributed by atoms with van der Waals surface area (Å²) in [5, 5.41) is 6.87. The summed E-state index contributed by atoms with van der Waals surface area (Å²) < 4.78 is 10.8. The van der Waals surface area contributed by atoms with E-state index in [1.165, 1.54) is 0 Å². The average molecular weight is 340 g/mol. The van der Waals surface area contributed by atoms with Crippen molar-refractivity contribution in [1.82, 2.24) is 10.1 Å². The Morgan fingerprint density at radius 1 is 0.808 bits per heavy atom. The third kappa shape index (κ3) is 2.29. The molecule has 3 aromatic carbocycles. The van der Waals surface area contributed by atoms with E-state index in [2.05, 4.69) is 10.1 Å². The lowest BCUT2D eigenvalue weighted by Gasteiger charge is -2.03. The van der Waals surface area contributed by atoms with Crippen LogP contribution >= 0.6 is 0 Å². The first kappa shape index (κ1) is 14.6. The second kappa shape index (κ2) is 5.67. The van der Waals surface area contributed by atoms with Crippen LogP contribution in [0.25, 0.3) is 44.6 Å².